The fraction of sp³-hybridized carbons (Fsp3) is 0.278. The SMILES string of the molecule is COc1ccccc1NC(=O)c1cccc(S(=O)(=O)N[C@@H]2CCNC2)c1. The third-order valence-corrected chi connectivity index (χ3v) is 5.66. The highest BCUT2D eigenvalue weighted by atomic mass is 32.2. The Balaban J connectivity index is 1.79. The molecule has 0 aromatic heterocycles. The maximum atomic E-state index is 12.5. The second-order valence-corrected chi connectivity index (χ2v) is 7.71. The van der Waals surface area contributed by atoms with E-state index in [-0.39, 0.29) is 16.5 Å². The van der Waals surface area contributed by atoms with E-state index in [1.165, 1.54) is 19.2 Å². The molecule has 3 rings (SSSR count). The largest absolute Gasteiger partial charge is 0.495 e. The molecule has 2 aromatic carbocycles. The molecule has 1 aliphatic rings. The van der Waals surface area contributed by atoms with Crippen LogP contribution >= 0.6 is 0 Å². The van der Waals surface area contributed by atoms with Crippen molar-refractivity contribution in [2.75, 3.05) is 25.5 Å². The van der Waals surface area contributed by atoms with Crippen molar-refractivity contribution in [3.63, 3.8) is 0 Å². The number of benzene rings is 2. The summed E-state index contributed by atoms with van der Waals surface area (Å²) < 4.78 is 32.9. The maximum Gasteiger partial charge on any atom is 0.255 e. The predicted octanol–water partition coefficient (Wildman–Crippen LogP) is 1.59. The number of hydrogen-bond acceptors (Lipinski definition) is 5. The number of para-hydroxylation sites is 2. The molecule has 26 heavy (non-hydrogen) atoms. The van der Waals surface area contributed by atoms with Crippen LogP contribution in [0.2, 0.25) is 0 Å². The summed E-state index contributed by atoms with van der Waals surface area (Å²) in [5.41, 5.74) is 0.770. The van der Waals surface area contributed by atoms with Crippen molar-refractivity contribution in [2.24, 2.45) is 0 Å². The van der Waals surface area contributed by atoms with Crippen molar-refractivity contribution in [2.45, 2.75) is 17.4 Å². The van der Waals surface area contributed by atoms with Gasteiger partial charge in [0.25, 0.3) is 5.91 Å². The van der Waals surface area contributed by atoms with Crippen LogP contribution in [0.4, 0.5) is 5.69 Å². The van der Waals surface area contributed by atoms with Crippen LogP contribution in [0.25, 0.3) is 0 Å². The van der Waals surface area contributed by atoms with Gasteiger partial charge in [-0.1, -0.05) is 18.2 Å². The number of amides is 1. The van der Waals surface area contributed by atoms with Gasteiger partial charge in [-0.3, -0.25) is 4.79 Å². The molecular weight excluding hydrogens is 354 g/mol. The van der Waals surface area contributed by atoms with E-state index in [9.17, 15) is 13.2 Å². The quantitative estimate of drug-likeness (QED) is 0.712. The topological polar surface area (TPSA) is 96.5 Å². The van der Waals surface area contributed by atoms with E-state index in [2.05, 4.69) is 15.4 Å². The van der Waals surface area contributed by atoms with Crippen LogP contribution < -0.4 is 20.1 Å². The standard InChI is InChI=1S/C18H21N3O4S/c1-25-17-8-3-2-7-16(17)20-18(22)13-5-4-6-15(11-13)26(23,24)21-14-9-10-19-12-14/h2-8,11,14,19,21H,9-10,12H2,1H3,(H,20,22)/t14-/m1/s1. The molecular formula is C18H21N3O4S. The van der Waals surface area contributed by atoms with Crippen LogP contribution in [0.15, 0.2) is 53.4 Å². The van der Waals surface area contributed by atoms with Crippen LogP contribution in [0.1, 0.15) is 16.8 Å². The minimum Gasteiger partial charge on any atom is -0.495 e. The number of hydrogen-bond donors (Lipinski definition) is 3. The van der Waals surface area contributed by atoms with Crippen LogP contribution in [0.3, 0.4) is 0 Å². The molecule has 7 nitrogen and oxygen atoms in total. The van der Waals surface area contributed by atoms with Gasteiger partial charge >= 0.3 is 0 Å². The molecule has 8 heteroatoms. The number of carbonyl (C=O) groups is 1. The second-order valence-electron chi connectivity index (χ2n) is 5.99. The lowest BCUT2D eigenvalue weighted by atomic mass is 10.2. The van der Waals surface area contributed by atoms with Gasteiger partial charge in [0.2, 0.25) is 10.0 Å². The molecule has 0 bridgehead atoms. The highest BCUT2D eigenvalue weighted by molar-refractivity contribution is 7.89. The lowest BCUT2D eigenvalue weighted by molar-refractivity contribution is 0.102. The molecule has 3 N–H and O–H groups in total. The van der Waals surface area contributed by atoms with Gasteiger partial charge in [0, 0.05) is 18.2 Å². The molecule has 1 heterocycles. The molecule has 1 saturated heterocycles. The first kappa shape index (κ1) is 18.4. The van der Waals surface area contributed by atoms with Crippen molar-refractivity contribution in [3.05, 3.63) is 54.1 Å². The van der Waals surface area contributed by atoms with Gasteiger partial charge in [-0.25, -0.2) is 13.1 Å². The number of sulfonamides is 1. The van der Waals surface area contributed by atoms with Crippen molar-refractivity contribution in [3.8, 4) is 5.75 Å². The lowest BCUT2D eigenvalue weighted by Crippen LogP contribution is -2.36. The first-order valence-electron chi connectivity index (χ1n) is 8.27. The summed E-state index contributed by atoms with van der Waals surface area (Å²) in [4.78, 5) is 12.6. The van der Waals surface area contributed by atoms with Crippen LogP contribution in [0.5, 0.6) is 5.75 Å². The molecule has 138 valence electrons. The zero-order valence-electron chi connectivity index (χ0n) is 14.4. The normalized spacial score (nSPS) is 17.0. The Morgan fingerprint density at radius 1 is 1.19 bits per heavy atom. The number of anilines is 1. The number of methoxy groups -OCH3 is 1. The van der Waals surface area contributed by atoms with Gasteiger partial charge in [0.05, 0.1) is 17.7 Å². The minimum absolute atomic E-state index is 0.0667. The van der Waals surface area contributed by atoms with E-state index in [4.69, 9.17) is 4.74 Å². The minimum atomic E-state index is -3.68. The summed E-state index contributed by atoms with van der Waals surface area (Å²) in [6, 6.07) is 12.9. The van der Waals surface area contributed by atoms with Gasteiger partial charge < -0.3 is 15.4 Å². The highest BCUT2D eigenvalue weighted by Gasteiger charge is 2.23. The average molecular weight is 375 g/mol. The Morgan fingerprint density at radius 3 is 2.73 bits per heavy atom. The fourth-order valence-corrected chi connectivity index (χ4v) is 4.11. The molecule has 0 radical (unpaired) electrons. The van der Waals surface area contributed by atoms with E-state index < -0.39 is 15.9 Å². The summed E-state index contributed by atoms with van der Waals surface area (Å²) >= 11 is 0. The predicted molar refractivity (Wildman–Crippen MR) is 99.0 cm³/mol. The van der Waals surface area contributed by atoms with Crippen molar-refractivity contribution in [1.29, 1.82) is 0 Å². The Bertz CT molecular complexity index is 893. The summed E-state index contributed by atoms with van der Waals surface area (Å²) in [7, 11) is -2.16. The van der Waals surface area contributed by atoms with Crippen molar-refractivity contribution >= 4 is 21.6 Å². The van der Waals surface area contributed by atoms with Crippen molar-refractivity contribution < 1.29 is 17.9 Å². The summed E-state index contributed by atoms with van der Waals surface area (Å²) in [5, 5.41) is 5.85. The third-order valence-electron chi connectivity index (χ3n) is 4.14. The Morgan fingerprint density at radius 2 is 2.00 bits per heavy atom. The Hall–Kier alpha value is -2.42. The zero-order valence-corrected chi connectivity index (χ0v) is 15.2. The van der Waals surface area contributed by atoms with E-state index in [0.29, 0.717) is 18.0 Å². The fourth-order valence-electron chi connectivity index (χ4n) is 2.79. The second kappa shape index (κ2) is 7.86. The first-order chi connectivity index (χ1) is 12.5. The Kier molecular flexibility index (Phi) is 5.55. The molecule has 1 atom stereocenters. The number of ether oxygens (including phenoxy) is 1. The molecule has 2 aromatic rings. The highest BCUT2D eigenvalue weighted by Crippen LogP contribution is 2.24. The van der Waals surface area contributed by atoms with Crippen molar-refractivity contribution in [1.82, 2.24) is 10.0 Å². The van der Waals surface area contributed by atoms with Gasteiger partial charge in [-0.05, 0) is 43.3 Å². The summed E-state index contributed by atoms with van der Waals surface area (Å²) in [6.07, 6.45) is 0.743. The van der Waals surface area contributed by atoms with E-state index >= 15 is 0 Å². The van der Waals surface area contributed by atoms with E-state index in [0.717, 1.165) is 13.0 Å². The molecule has 1 aliphatic heterocycles. The van der Waals surface area contributed by atoms with Gasteiger partial charge in [-0.15, -0.1) is 0 Å². The zero-order chi connectivity index (χ0) is 18.6. The average Bonchev–Trinajstić information content (AvgIpc) is 3.14. The summed E-state index contributed by atoms with van der Waals surface area (Å²) in [5.74, 6) is 0.120. The number of rotatable bonds is 6. The molecule has 1 fully saturated rings. The van der Waals surface area contributed by atoms with E-state index in [1.807, 2.05) is 0 Å². The van der Waals surface area contributed by atoms with E-state index in [1.54, 1.807) is 36.4 Å². The number of carbonyl (C=O) groups excluding carboxylic acids is 1. The molecule has 0 aliphatic carbocycles. The van der Waals surface area contributed by atoms with Gasteiger partial charge in [-0.2, -0.15) is 0 Å². The van der Waals surface area contributed by atoms with Gasteiger partial charge in [0.1, 0.15) is 5.75 Å². The number of nitrogens with one attached hydrogen (secondary N) is 3. The van der Waals surface area contributed by atoms with Crippen LogP contribution in [0, 0.1) is 0 Å². The summed E-state index contributed by atoms with van der Waals surface area (Å²) in [6.45, 7) is 1.39. The first-order valence-corrected chi connectivity index (χ1v) is 9.75. The molecule has 1 amide bonds. The van der Waals surface area contributed by atoms with Gasteiger partial charge in [0.15, 0.2) is 0 Å². The van der Waals surface area contributed by atoms with Crippen LogP contribution in [-0.2, 0) is 10.0 Å². The smallest absolute Gasteiger partial charge is 0.255 e. The molecule has 0 spiro atoms. The maximum absolute atomic E-state index is 12.5. The lowest BCUT2D eigenvalue weighted by Gasteiger charge is -2.13. The van der Waals surface area contributed by atoms with Crippen LogP contribution in [-0.4, -0.2) is 40.6 Å². The third kappa shape index (κ3) is 4.21. The molecule has 0 saturated carbocycles. The monoisotopic (exact) mass is 375 g/mol. The Labute approximate surface area is 152 Å². The molecule has 0 unspecified atom stereocenters.